The van der Waals surface area contributed by atoms with Gasteiger partial charge in [0.15, 0.2) is 6.10 Å². The van der Waals surface area contributed by atoms with Crippen LogP contribution in [0.2, 0.25) is 0 Å². The van der Waals surface area contributed by atoms with Gasteiger partial charge in [0.2, 0.25) is 0 Å². The number of hydrogen-bond donors (Lipinski definition) is 0. The second-order valence-corrected chi connectivity index (χ2v) is 6.85. The molecule has 7 heteroatoms. The number of hydrogen-bond acceptors (Lipinski definition) is 5. The fourth-order valence-electron chi connectivity index (χ4n) is 3.00. The Labute approximate surface area is 157 Å². The predicted octanol–water partition coefficient (Wildman–Crippen LogP) is 3.73. The van der Waals surface area contributed by atoms with Crippen LogP contribution in [0.25, 0.3) is 0 Å². The highest BCUT2D eigenvalue weighted by atomic mass is 16.6. The lowest BCUT2D eigenvalue weighted by molar-refractivity contribution is -0.384. The van der Waals surface area contributed by atoms with Crippen molar-refractivity contribution in [2.45, 2.75) is 26.9 Å². The maximum absolute atomic E-state index is 12.9. The van der Waals surface area contributed by atoms with Crippen molar-refractivity contribution in [3.05, 3.63) is 58.1 Å². The molecule has 0 N–H and O–H groups in total. The Balaban J connectivity index is 1.83. The number of nitrogens with zero attached hydrogens (tertiary/aromatic N) is 2. The Morgan fingerprint density at radius 1 is 1.26 bits per heavy atom. The van der Waals surface area contributed by atoms with E-state index >= 15 is 0 Å². The summed E-state index contributed by atoms with van der Waals surface area (Å²) in [6.07, 6.45) is -0.627. The second-order valence-electron chi connectivity index (χ2n) is 6.85. The fraction of sp³-hybridized carbons (Fsp3) is 0.350. The van der Waals surface area contributed by atoms with Crippen LogP contribution in [-0.4, -0.2) is 30.1 Å². The third-order valence-corrected chi connectivity index (χ3v) is 4.39. The van der Waals surface area contributed by atoms with Crippen LogP contribution in [0.4, 0.5) is 11.4 Å². The van der Waals surface area contributed by atoms with Crippen molar-refractivity contribution in [3.63, 3.8) is 0 Å². The number of amides is 1. The van der Waals surface area contributed by atoms with E-state index in [4.69, 9.17) is 9.47 Å². The van der Waals surface area contributed by atoms with Crippen molar-refractivity contribution in [1.29, 1.82) is 0 Å². The van der Waals surface area contributed by atoms with Gasteiger partial charge in [-0.05, 0) is 36.6 Å². The molecular weight excluding hydrogens is 348 g/mol. The van der Waals surface area contributed by atoms with Gasteiger partial charge in [0, 0.05) is 12.1 Å². The average molecular weight is 370 g/mol. The molecule has 0 saturated heterocycles. The summed E-state index contributed by atoms with van der Waals surface area (Å²) in [4.78, 5) is 25.0. The third-order valence-electron chi connectivity index (χ3n) is 4.39. The Bertz CT molecular complexity index is 865. The smallest absolute Gasteiger partial charge is 0.271 e. The van der Waals surface area contributed by atoms with E-state index in [2.05, 4.69) is 0 Å². The number of fused-ring (bicyclic) bond motifs is 1. The molecule has 0 aliphatic carbocycles. The highest BCUT2D eigenvalue weighted by Crippen LogP contribution is 2.38. The number of nitro groups is 1. The zero-order chi connectivity index (χ0) is 19.6. The number of nitro benzene ring substituents is 1. The molecule has 0 radical (unpaired) electrons. The van der Waals surface area contributed by atoms with Crippen LogP contribution in [0, 0.1) is 23.0 Å². The first-order valence-electron chi connectivity index (χ1n) is 8.83. The zero-order valence-corrected chi connectivity index (χ0v) is 15.5. The molecule has 7 nitrogen and oxygen atoms in total. The van der Waals surface area contributed by atoms with Gasteiger partial charge < -0.3 is 14.4 Å². The molecule has 142 valence electrons. The fourth-order valence-corrected chi connectivity index (χ4v) is 3.00. The molecule has 1 unspecified atom stereocenters. The minimum absolute atomic E-state index is 0.0268. The van der Waals surface area contributed by atoms with Gasteiger partial charge in [0.05, 0.1) is 17.2 Å². The maximum Gasteiger partial charge on any atom is 0.271 e. The summed E-state index contributed by atoms with van der Waals surface area (Å²) < 4.78 is 11.6. The first-order chi connectivity index (χ1) is 12.9. The van der Waals surface area contributed by atoms with E-state index in [1.165, 1.54) is 17.0 Å². The monoisotopic (exact) mass is 370 g/mol. The van der Waals surface area contributed by atoms with Gasteiger partial charge in [0.1, 0.15) is 18.1 Å². The molecular formula is C20H22N2O5. The number of non-ortho nitro benzene ring substituents is 1. The van der Waals surface area contributed by atoms with Crippen LogP contribution >= 0.6 is 0 Å². The summed E-state index contributed by atoms with van der Waals surface area (Å²) in [5.41, 5.74) is 1.40. The van der Waals surface area contributed by atoms with Gasteiger partial charge in [-0.15, -0.1) is 0 Å². The molecule has 1 aliphatic heterocycles. The van der Waals surface area contributed by atoms with E-state index in [0.29, 0.717) is 11.4 Å². The van der Waals surface area contributed by atoms with Crippen LogP contribution in [-0.2, 0) is 4.79 Å². The van der Waals surface area contributed by atoms with E-state index in [-0.39, 0.29) is 30.7 Å². The number of anilines is 1. The van der Waals surface area contributed by atoms with E-state index in [1.807, 2.05) is 45.0 Å². The van der Waals surface area contributed by atoms with Crippen LogP contribution < -0.4 is 14.4 Å². The van der Waals surface area contributed by atoms with Gasteiger partial charge in [-0.1, -0.05) is 26.0 Å². The van der Waals surface area contributed by atoms with Gasteiger partial charge >= 0.3 is 0 Å². The summed E-state index contributed by atoms with van der Waals surface area (Å²) in [6.45, 7) is 6.32. The average Bonchev–Trinajstić information content (AvgIpc) is 2.62. The van der Waals surface area contributed by atoms with Crippen LogP contribution in [0.5, 0.6) is 11.5 Å². The Morgan fingerprint density at radius 3 is 2.70 bits per heavy atom. The van der Waals surface area contributed by atoms with E-state index < -0.39 is 11.0 Å². The Morgan fingerprint density at radius 2 is 2.04 bits per heavy atom. The summed E-state index contributed by atoms with van der Waals surface area (Å²) in [5.74, 6) is 0.941. The van der Waals surface area contributed by atoms with Crippen molar-refractivity contribution in [1.82, 2.24) is 0 Å². The molecule has 0 saturated carbocycles. The quantitative estimate of drug-likeness (QED) is 0.572. The van der Waals surface area contributed by atoms with Gasteiger partial charge in [-0.25, -0.2) is 0 Å². The number of aryl methyl sites for hydroxylation is 1. The number of carbonyl (C=O) groups is 1. The van der Waals surface area contributed by atoms with Gasteiger partial charge in [-0.3, -0.25) is 14.9 Å². The standard InChI is InChI=1S/C20H22N2O5/c1-13(2)19-20(23)21(9-10-26-16-6-4-5-14(3)11-16)17-12-15(22(24)25)7-8-18(17)27-19/h4-8,11-13,19H,9-10H2,1-3H3. The zero-order valence-electron chi connectivity index (χ0n) is 15.5. The molecule has 1 amide bonds. The van der Waals surface area contributed by atoms with Crippen LogP contribution in [0.1, 0.15) is 19.4 Å². The third kappa shape index (κ3) is 4.02. The molecule has 27 heavy (non-hydrogen) atoms. The molecule has 2 aromatic carbocycles. The largest absolute Gasteiger partial charge is 0.492 e. The molecule has 3 rings (SSSR count). The first-order valence-corrected chi connectivity index (χ1v) is 8.83. The minimum atomic E-state index is -0.627. The normalized spacial score (nSPS) is 16.1. The summed E-state index contributed by atoms with van der Waals surface area (Å²) in [6, 6.07) is 11.9. The van der Waals surface area contributed by atoms with Crippen LogP contribution in [0.3, 0.4) is 0 Å². The lowest BCUT2D eigenvalue weighted by Gasteiger charge is -2.35. The summed E-state index contributed by atoms with van der Waals surface area (Å²) in [5, 5.41) is 11.1. The predicted molar refractivity (Wildman–Crippen MR) is 101 cm³/mol. The summed E-state index contributed by atoms with van der Waals surface area (Å²) in [7, 11) is 0. The molecule has 0 fully saturated rings. The molecule has 0 bridgehead atoms. The summed E-state index contributed by atoms with van der Waals surface area (Å²) >= 11 is 0. The van der Waals surface area contributed by atoms with Gasteiger partial charge in [0.25, 0.3) is 11.6 Å². The number of ether oxygens (including phenoxy) is 2. The molecule has 1 atom stereocenters. The molecule has 0 spiro atoms. The number of rotatable bonds is 6. The number of benzene rings is 2. The molecule has 0 aromatic heterocycles. The van der Waals surface area contributed by atoms with Crippen LogP contribution in [0.15, 0.2) is 42.5 Å². The second kappa shape index (κ2) is 7.65. The van der Waals surface area contributed by atoms with Crippen molar-refractivity contribution in [2.24, 2.45) is 5.92 Å². The number of carbonyl (C=O) groups excluding carboxylic acids is 1. The minimum Gasteiger partial charge on any atom is -0.492 e. The van der Waals surface area contributed by atoms with Crippen molar-refractivity contribution < 1.29 is 19.2 Å². The van der Waals surface area contributed by atoms with Crippen molar-refractivity contribution >= 4 is 17.3 Å². The maximum atomic E-state index is 12.9. The van der Waals surface area contributed by atoms with E-state index in [1.54, 1.807) is 6.07 Å². The van der Waals surface area contributed by atoms with Gasteiger partial charge in [-0.2, -0.15) is 0 Å². The molecule has 1 aliphatic rings. The Hall–Kier alpha value is -3.09. The molecule has 1 heterocycles. The Kier molecular flexibility index (Phi) is 5.30. The van der Waals surface area contributed by atoms with Crippen molar-refractivity contribution in [2.75, 3.05) is 18.1 Å². The highest BCUT2D eigenvalue weighted by molar-refractivity contribution is 6.00. The SMILES string of the molecule is Cc1cccc(OCCN2C(=O)C(C(C)C)Oc3ccc([N+](=O)[O-])cc32)c1. The first kappa shape index (κ1) is 18.7. The lowest BCUT2D eigenvalue weighted by atomic mass is 10.0. The van der Waals surface area contributed by atoms with E-state index in [0.717, 1.165) is 11.3 Å². The lowest BCUT2D eigenvalue weighted by Crippen LogP contribution is -2.49. The molecule has 2 aromatic rings. The highest BCUT2D eigenvalue weighted by Gasteiger charge is 2.37. The van der Waals surface area contributed by atoms with Crippen molar-refractivity contribution in [3.8, 4) is 11.5 Å². The van der Waals surface area contributed by atoms with E-state index in [9.17, 15) is 14.9 Å². The topological polar surface area (TPSA) is 81.9 Å².